The van der Waals surface area contributed by atoms with Gasteiger partial charge in [0, 0.05) is 0 Å². The fourth-order valence-electron chi connectivity index (χ4n) is 1.36. The average Bonchev–Trinajstić information content (AvgIpc) is 2.12. The fraction of sp³-hybridized carbons (Fsp3) is 0.909. The van der Waals surface area contributed by atoms with Crippen molar-refractivity contribution in [2.45, 2.75) is 45.8 Å². The van der Waals surface area contributed by atoms with Crippen molar-refractivity contribution in [2.24, 2.45) is 11.7 Å². The smallest absolute Gasteiger partial charge is 0.323 e. The van der Waals surface area contributed by atoms with Crippen molar-refractivity contribution >= 4 is 17.7 Å². The Morgan fingerprint density at radius 2 is 2.00 bits per heavy atom. The first-order valence-corrected chi connectivity index (χ1v) is 6.81. The monoisotopic (exact) mass is 233 g/mol. The second-order valence-corrected chi connectivity index (χ2v) is 5.25. The topological polar surface area (TPSA) is 52.3 Å². The van der Waals surface area contributed by atoms with Crippen molar-refractivity contribution in [3.05, 3.63) is 0 Å². The maximum absolute atomic E-state index is 11.5. The molecule has 15 heavy (non-hydrogen) atoms. The quantitative estimate of drug-likeness (QED) is 0.684. The van der Waals surface area contributed by atoms with Gasteiger partial charge < -0.3 is 10.5 Å². The normalized spacial score (nSPS) is 15.1. The third kappa shape index (κ3) is 7.68. The van der Waals surface area contributed by atoms with E-state index in [9.17, 15) is 4.79 Å². The number of ether oxygens (including phenoxy) is 1. The highest BCUT2D eigenvalue weighted by atomic mass is 32.2. The predicted octanol–water partition coefficient (Wildman–Crippen LogP) is 2.04. The minimum Gasteiger partial charge on any atom is -0.462 e. The molecule has 0 amide bonds. The van der Waals surface area contributed by atoms with Crippen molar-refractivity contribution in [1.29, 1.82) is 0 Å². The third-order valence-electron chi connectivity index (χ3n) is 2.06. The van der Waals surface area contributed by atoms with E-state index in [1.807, 2.05) is 13.2 Å². The van der Waals surface area contributed by atoms with E-state index in [4.69, 9.17) is 10.5 Å². The molecule has 0 aliphatic rings. The highest BCUT2D eigenvalue weighted by molar-refractivity contribution is 7.98. The Kier molecular flexibility index (Phi) is 7.88. The van der Waals surface area contributed by atoms with Gasteiger partial charge in [0.1, 0.15) is 6.04 Å². The van der Waals surface area contributed by atoms with Crippen molar-refractivity contribution in [1.82, 2.24) is 0 Å². The lowest BCUT2D eigenvalue weighted by Gasteiger charge is -2.17. The largest absolute Gasteiger partial charge is 0.462 e. The molecule has 3 nitrogen and oxygen atoms in total. The van der Waals surface area contributed by atoms with Gasteiger partial charge in [-0.3, -0.25) is 4.79 Å². The van der Waals surface area contributed by atoms with Crippen LogP contribution in [-0.2, 0) is 9.53 Å². The number of rotatable bonds is 7. The summed E-state index contributed by atoms with van der Waals surface area (Å²) in [6.07, 6.45) is 3.55. The molecule has 2 atom stereocenters. The van der Waals surface area contributed by atoms with Crippen molar-refractivity contribution < 1.29 is 9.53 Å². The van der Waals surface area contributed by atoms with Crippen molar-refractivity contribution in [3.63, 3.8) is 0 Å². The van der Waals surface area contributed by atoms with E-state index in [0.29, 0.717) is 12.3 Å². The zero-order chi connectivity index (χ0) is 11.8. The number of hydrogen-bond donors (Lipinski definition) is 1. The summed E-state index contributed by atoms with van der Waals surface area (Å²) in [7, 11) is 0. The predicted molar refractivity (Wildman–Crippen MR) is 66.0 cm³/mol. The van der Waals surface area contributed by atoms with Crippen molar-refractivity contribution in [3.8, 4) is 0 Å². The maximum Gasteiger partial charge on any atom is 0.323 e. The molecule has 0 heterocycles. The highest BCUT2D eigenvalue weighted by Crippen LogP contribution is 2.09. The van der Waals surface area contributed by atoms with E-state index in [-0.39, 0.29) is 12.1 Å². The lowest BCUT2D eigenvalue weighted by atomic mass is 10.1. The molecule has 0 aliphatic carbocycles. The van der Waals surface area contributed by atoms with Crippen LogP contribution in [0.25, 0.3) is 0 Å². The van der Waals surface area contributed by atoms with Crippen LogP contribution in [0.1, 0.15) is 33.6 Å². The molecule has 0 bridgehead atoms. The molecule has 0 saturated heterocycles. The van der Waals surface area contributed by atoms with Gasteiger partial charge in [-0.1, -0.05) is 13.8 Å². The summed E-state index contributed by atoms with van der Waals surface area (Å²) in [5.74, 6) is 1.17. The molecule has 4 heteroatoms. The van der Waals surface area contributed by atoms with Gasteiger partial charge in [0.2, 0.25) is 0 Å². The molecule has 0 aromatic rings. The van der Waals surface area contributed by atoms with Crippen LogP contribution in [0, 0.1) is 5.92 Å². The molecule has 2 N–H and O–H groups in total. The van der Waals surface area contributed by atoms with Gasteiger partial charge >= 0.3 is 5.97 Å². The molecule has 0 saturated carbocycles. The van der Waals surface area contributed by atoms with E-state index in [2.05, 4.69) is 13.8 Å². The third-order valence-corrected chi connectivity index (χ3v) is 2.70. The van der Waals surface area contributed by atoms with Crippen molar-refractivity contribution in [2.75, 3.05) is 12.0 Å². The van der Waals surface area contributed by atoms with Crippen LogP contribution in [0.4, 0.5) is 0 Å². The summed E-state index contributed by atoms with van der Waals surface area (Å²) in [6.45, 7) is 6.13. The average molecular weight is 233 g/mol. The number of carbonyl (C=O) groups is 1. The first kappa shape index (κ1) is 14.8. The summed E-state index contributed by atoms with van der Waals surface area (Å²) in [4.78, 5) is 11.5. The van der Waals surface area contributed by atoms with E-state index in [1.165, 1.54) is 0 Å². The van der Waals surface area contributed by atoms with E-state index < -0.39 is 6.04 Å². The summed E-state index contributed by atoms with van der Waals surface area (Å²) in [6, 6.07) is -0.466. The molecular weight excluding hydrogens is 210 g/mol. The second-order valence-electron chi connectivity index (χ2n) is 4.27. The van der Waals surface area contributed by atoms with E-state index in [0.717, 1.165) is 12.2 Å². The lowest BCUT2D eigenvalue weighted by Crippen LogP contribution is -2.35. The van der Waals surface area contributed by atoms with E-state index in [1.54, 1.807) is 11.8 Å². The van der Waals surface area contributed by atoms with Gasteiger partial charge in [0.25, 0.3) is 0 Å². The van der Waals surface area contributed by atoms with Crippen LogP contribution in [0.15, 0.2) is 0 Å². The summed E-state index contributed by atoms with van der Waals surface area (Å²) in [5, 5.41) is 0. The van der Waals surface area contributed by atoms with Crippen LogP contribution in [0.5, 0.6) is 0 Å². The Morgan fingerprint density at radius 1 is 1.40 bits per heavy atom. The maximum atomic E-state index is 11.5. The first-order chi connectivity index (χ1) is 6.97. The summed E-state index contributed by atoms with van der Waals surface area (Å²) >= 11 is 1.69. The Morgan fingerprint density at radius 3 is 2.47 bits per heavy atom. The Labute approximate surface area is 97.1 Å². The van der Waals surface area contributed by atoms with Gasteiger partial charge in [0.05, 0.1) is 6.10 Å². The van der Waals surface area contributed by atoms with Crippen LogP contribution < -0.4 is 5.73 Å². The molecule has 0 aromatic heterocycles. The second kappa shape index (κ2) is 7.99. The number of esters is 1. The zero-order valence-corrected chi connectivity index (χ0v) is 11.0. The van der Waals surface area contributed by atoms with Gasteiger partial charge in [-0.2, -0.15) is 11.8 Å². The Bertz CT molecular complexity index is 185. The molecule has 0 aromatic carbocycles. The number of thioether (sulfide) groups is 1. The molecule has 0 aliphatic heterocycles. The molecule has 0 fully saturated rings. The van der Waals surface area contributed by atoms with E-state index >= 15 is 0 Å². The molecule has 0 spiro atoms. The number of carbonyl (C=O) groups excluding carboxylic acids is 1. The Balaban J connectivity index is 3.80. The minimum atomic E-state index is -0.466. The van der Waals surface area contributed by atoms with Gasteiger partial charge in [0.15, 0.2) is 0 Å². The molecule has 90 valence electrons. The van der Waals surface area contributed by atoms with Crippen LogP contribution >= 0.6 is 11.8 Å². The standard InChI is InChI=1S/C11H23NO2S/c1-8(2)7-9(3)14-11(13)10(12)5-6-15-4/h8-10H,5-7,12H2,1-4H3/t9?,10-/m1/s1. The number of hydrogen-bond acceptors (Lipinski definition) is 4. The molecule has 0 rings (SSSR count). The molecule has 1 unspecified atom stereocenters. The highest BCUT2D eigenvalue weighted by Gasteiger charge is 2.17. The minimum absolute atomic E-state index is 0.0298. The fourth-order valence-corrected chi connectivity index (χ4v) is 1.85. The van der Waals surface area contributed by atoms with Gasteiger partial charge in [-0.25, -0.2) is 0 Å². The van der Waals surface area contributed by atoms with Gasteiger partial charge in [-0.05, 0) is 37.7 Å². The molecule has 0 radical (unpaired) electrons. The summed E-state index contributed by atoms with van der Waals surface area (Å²) < 4.78 is 5.25. The summed E-state index contributed by atoms with van der Waals surface area (Å²) in [5.41, 5.74) is 5.69. The number of nitrogens with two attached hydrogens (primary N) is 1. The molecular formula is C11H23NO2S. The van der Waals surface area contributed by atoms with Crippen LogP contribution in [-0.4, -0.2) is 30.1 Å². The Hall–Kier alpha value is -0.220. The SMILES string of the molecule is CSCC[C@@H](N)C(=O)OC(C)CC(C)C. The zero-order valence-electron chi connectivity index (χ0n) is 10.2. The van der Waals surface area contributed by atoms with Crippen LogP contribution in [0.2, 0.25) is 0 Å². The van der Waals surface area contributed by atoms with Gasteiger partial charge in [-0.15, -0.1) is 0 Å². The lowest BCUT2D eigenvalue weighted by molar-refractivity contribution is -0.150. The first-order valence-electron chi connectivity index (χ1n) is 5.42. The van der Waals surface area contributed by atoms with Crippen LogP contribution in [0.3, 0.4) is 0 Å².